The maximum atomic E-state index is 12.4. The van der Waals surface area contributed by atoms with E-state index in [9.17, 15) is 14.0 Å². The van der Waals surface area contributed by atoms with Gasteiger partial charge in [-0.05, 0) is 48.5 Å². The Morgan fingerprint density at radius 2 is 1.69 bits per heavy atom. The molecule has 0 aliphatic rings. The number of hydrogen-bond donors (Lipinski definition) is 3. The van der Waals surface area contributed by atoms with E-state index in [1.165, 1.54) is 12.1 Å². The fraction of sp³-hybridized carbons (Fsp3) is 0.0370. The second kappa shape index (κ2) is 10.8. The van der Waals surface area contributed by atoms with E-state index in [1.807, 2.05) is 49.5 Å². The molecule has 5 rings (SSSR count). The van der Waals surface area contributed by atoms with Crippen LogP contribution in [-0.2, 0) is 0 Å². The molecule has 0 atom stereocenters. The van der Waals surface area contributed by atoms with E-state index in [1.54, 1.807) is 36.5 Å². The summed E-state index contributed by atoms with van der Waals surface area (Å²) in [5.74, 6) is 0.564. The number of anilines is 2. The van der Waals surface area contributed by atoms with Gasteiger partial charge in [-0.1, -0.05) is 30.3 Å². The molecular formula is C27H22FN5O2. The van der Waals surface area contributed by atoms with Gasteiger partial charge in [0.15, 0.2) is 6.29 Å². The highest BCUT2D eigenvalue weighted by atomic mass is 19.1. The van der Waals surface area contributed by atoms with Crippen molar-refractivity contribution >= 4 is 34.7 Å². The van der Waals surface area contributed by atoms with Crippen LogP contribution < -0.4 is 10.6 Å². The molecule has 3 aromatic carbocycles. The van der Waals surface area contributed by atoms with Gasteiger partial charge in [-0.25, -0.2) is 14.4 Å². The SMILES string of the molecule is CNc1ccc(-c2nc3cc(NC(=O)c4ccccc4)ncc3[nH]2)cc1.O=Cc1ccccc1F. The molecule has 174 valence electrons. The minimum absolute atomic E-state index is 0.109. The summed E-state index contributed by atoms with van der Waals surface area (Å²) in [5, 5.41) is 5.89. The Hall–Kier alpha value is -4.85. The van der Waals surface area contributed by atoms with Gasteiger partial charge in [0.1, 0.15) is 17.5 Å². The molecule has 8 heteroatoms. The summed E-state index contributed by atoms with van der Waals surface area (Å²) in [7, 11) is 1.88. The Balaban J connectivity index is 0.000000271. The first-order valence-corrected chi connectivity index (χ1v) is 10.8. The van der Waals surface area contributed by atoms with Crippen LogP contribution in [-0.4, -0.2) is 34.2 Å². The number of rotatable bonds is 5. The lowest BCUT2D eigenvalue weighted by Crippen LogP contribution is -2.12. The van der Waals surface area contributed by atoms with Crippen molar-refractivity contribution in [3.63, 3.8) is 0 Å². The normalized spacial score (nSPS) is 10.2. The van der Waals surface area contributed by atoms with Crippen molar-refractivity contribution in [1.82, 2.24) is 15.0 Å². The molecule has 0 aliphatic heterocycles. The van der Waals surface area contributed by atoms with E-state index in [-0.39, 0.29) is 11.5 Å². The van der Waals surface area contributed by atoms with Crippen LogP contribution in [0.5, 0.6) is 0 Å². The topological polar surface area (TPSA) is 99.8 Å². The summed E-state index contributed by atoms with van der Waals surface area (Å²) in [6.45, 7) is 0. The van der Waals surface area contributed by atoms with Crippen LogP contribution in [0.25, 0.3) is 22.4 Å². The molecule has 2 aromatic heterocycles. The molecule has 0 saturated heterocycles. The van der Waals surface area contributed by atoms with E-state index in [0.29, 0.717) is 17.7 Å². The van der Waals surface area contributed by atoms with E-state index in [2.05, 4.69) is 25.6 Å². The van der Waals surface area contributed by atoms with Gasteiger partial charge in [0.2, 0.25) is 0 Å². The minimum Gasteiger partial charge on any atom is -0.388 e. The average molecular weight is 468 g/mol. The number of fused-ring (bicyclic) bond motifs is 1. The highest BCUT2D eigenvalue weighted by Crippen LogP contribution is 2.23. The first-order valence-electron chi connectivity index (χ1n) is 10.8. The number of halogens is 1. The number of H-pyrrole nitrogens is 1. The van der Waals surface area contributed by atoms with E-state index < -0.39 is 5.82 Å². The summed E-state index contributed by atoms with van der Waals surface area (Å²) in [5.41, 5.74) is 4.28. The zero-order valence-electron chi connectivity index (χ0n) is 18.8. The van der Waals surface area contributed by atoms with Crippen LogP contribution in [0, 0.1) is 5.82 Å². The first-order chi connectivity index (χ1) is 17.1. The molecule has 0 fully saturated rings. The second-order valence-electron chi connectivity index (χ2n) is 7.46. The summed E-state index contributed by atoms with van der Waals surface area (Å²) < 4.78 is 12.4. The summed E-state index contributed by atoms with van der Waals surface area (Å²) >= 11 is 0. The Morgan fingerprint density at radius 3 is 2.34 bits per heavy atom. The van der Waals surface area contributed by atoms with Gasteiger partial charge in [-0.2, -0.15) is 0 Å². The van der Waals surface area contributed by atoms with Gasteiger partial charge in [-0.3, -0.25) is 9.59 Å². The van der Waals surface area contributed by atoms with Gasteiger partial charge in [-0.15, -0.1) is 0 Å². The largest absolute Gasteiger partial charge is 0.388 e. The van der Waals surface area contributed by atoms with Crippen LogP contribution in [0.4, 0.5) is 15.9 Å². The number of aromatic nitrogens is 3. The van der Waals surface area contributed by atoms with Crippen molar-refractivity contribution in [2.24, 2.45) is 0 Å². The Bertz CT molecular complexity index is 1450. The third kappa shape index (κ3) is 5.75. The number of aromatic amines is 1. The number of aldehydes is 1. The maximum Gasteiger partial charge on any atom is 0.256 e. The van der Waals surface area contributed by atoms with Crippen LogP contribution in [0.3, 0.4) is 0 Å². The molecule has 5 aromatic rings. The van der Waals surface area contributed by atoms with Gasteiger partial charge in [0.05, 0.1) is 22.8 Å². The van der Waals surface area contributed by atoms with Crippen molar-refractivity contribution in [2.75, 3.05) is 17.7 Å². The molecular weight excluding hydrogens is 445 g/mol. The molecule has 35 heavy (non-hydrogen) atoms. The maximum absolute atomic E-state index is 12.4. The Kier molecular flexibility index (Phi) is 7.22. The number of imidazole rings is 1. The number of amides is 1. The Morgan fingerprint density at radius 1 is 0.971 bits per heavy atom. The fourth-order valence-electron chi connectivity index (χ4n) is 3.26. The van der Waals surface area contributed by atoms with Crippen molar-refractivity contribution in [1.29, 1.82) is 0 Å². The Labute approximate surface area is 201 Å². The highest BCUT2D eigenvalue weighted by molar-refractivity contribution is 6.04. The molecule has 0 spiro atoms. The molecule has 1 amide bonds. The van der Waals surface area contributed by atoms with Crippen molar-refractivity contribution in [3.8, 4) is 11.4 Å². The molecule has 0 bridgehead atoms. The van der Waals surface area contributed by atoms with Crippen molar-refractivity contribution in [2.45, 2.75) is 0 Å². The molecule has 0 saturated carbocycles. The number of benzene rings is 3. The van der Waals surface area contributed by atoms with Crippen LogP contribution in [0.15, 0.2) is 91.1 Å². The van der Waals surface area contributed by atoms with E-state index in [4.69, 9.17) is 0 Å². The minimum atomic E-state index is -0.465. The molecule has 0 unspecified atom stereocenters. The van der Waals surface area contributed by atoms with E-state index in [0.717, 1.165) is 28.1 Å². The molecule has 0 radical (unpaired) electrons. The van der Waals surface area contributed by atoms with E-state index >= 15 is 0 Å². The smallest absolute Gasteiger partial charge is 0.256 e. The summed E-state index contributed by atoms with van der Waals surface area (Å²) in [6, 6.07) is 24.6. The van der Waals surface area contributed by atoms with Crippen LogP contribution in [0.1, 0.15) is 20.7 Å². The van der Waals surface area contributed by atoms with Crippen molar-refractivity contribution in [3.05, 3.63) is 108 Å². The quantitative estimate of drug-likeness (QED) is 0.294. The summed E-state index contributed by atoms with van der Waals surface area (Å²) in [6.07, 6.45) is 2.17. The number of nitrogens with zero attached hydrogens (tertiary/aromatic N) is 2. The molecule has 0 aliphatic carbocycles. The lowest BCUT2D eigenvalue weighted by atomic mass is 10.2. The predicted octanol–water partition coefficient (Wildman–Crippen LogP) is 5.56. The molecule has 7 nitrogen and oxygen atoms in total. The van der Waals surface area contributed by atoms with Gasteiger partial charge >= 0.3 is 0 Å². The fourth-order valence-corrected chi connectivity index (χ4v) is 3.26. The van der Waals surface area contributed by atoms with Gasteiger partial charge in [0.25, 0.3) is 5.91 Å². The first kappa shape index (κ1) is 23.3. The molecule has 2 heterocycles. The number of hydrogen-bond acceptors (Lipinski definition) is 5. The standard InChI is InChI=1S/C20H17N5O.C7H5FO/c1-21-15-9-7-13(8-10-15)19-23-16-11-18(22-12-17(16)24-19)25-20(26)14-5-3-2-4-6-14;8-7-4-2-1-3-6(7)5-9/h2-12,21H,1H3,(H,23,24)(H,22,25,26);1-5H. The predicted molar refractivity (Wildman–Crippen MR) is 135 cm³/mol. The van der Waals surface area contributed by atoms with Crippen molar-refractivity contribution < 1.29 is 14.0 Å². The third-order valence-electron chi connectivity index (χ3n) is 5.12. The van der Waals surface area contributed by atoms with Gasteiger partial charge < -0.3 is 15.6 Å². The monoisotopic (exact) mass is 467 g/mol. The third-order valence-corrected chi connectivity index (χ3v) is 5.12. The number of nitrogens with one attached hydrogen (secondary N) is 3. The van der Waals surface area contributed by atoms with Crippen LogP contribution >= 0.6 is 0 Å². The number of carbonyl (C=O) groups excluding carboxylic acids is 2. The second-order valence-corrected chi connectivity index (χ2v) is 7.46. The average Bonchev–Trinajstić information content (AvgIpc) is 3.33. The lowest BCUT2D eigenvalue weighted by Gasteiger charge is -2.03. The molecule has 3 N–H and O–H groups in total. The number of carbonyl (C=O) groups is 2. The highest BCUT2D eigenvalue weighted by Gasteiger charge is 2.10. The number of pyridine rings is 1. The zero-order chi connectivity index (χ0) is 24.6. The van der Waals surface area contributed by atoms with Crippen LogP contribution in [0.2, 0.25) is 0 Å². The summed E-state index contributed by atoms with van der Waals surface area (Å²) in [4.78, 5) is 34.4. The zero-order valence-corrected chi connectivity index (χ0v) is 18.8. The van der Waals surface area contributed by atoms with Gasteiger partial charge in [0, 0.05) is 29.9 Å². The lowest BCUT2D eigenvalue weighted by molar-refractivity contribution is 0.102.